The molecule has 0 bridgehead atoms. The summed E-state index contributed by atoms with van der Waals surface area (Å²) in [5.41, 5.74) is 0.606. The number of halogens is 5. The lowest BCUT2D eigenvalue weighted by molar-refractivity contribution is -0.137. The molecule has 0 heterocycles. The smallest absolute Gasteiger partial charge is 0.370 e. The molecule has 2 nitrogen and oxygen atoms in total. The van der Waals surface area contributed by atoms with E-state index in [0.29, 0.717) is 12.1 Å². The summed E-state index contributed by atoms with van der Waals surface area (Å²) < 4.78 is 65.2. The molecule has 0 aliphatic rings. The van der Waals surface area contributed by atoms with Crippen LogP contribution in [0.3, 0.4) is 0 Å². The fraction of sp³-hybridized carbons (Fsp3) is 0.417. The number of hydrogen-bond acceptors (Lipinski definition) is 1. The van der Waals surface area contributed by atoms with Gasteiger partial charge in [0.25, 0.3) is 0 Å². The Kier molecular flexibility index (Phi) is 4.17. The number of rotatable bonds is 4. The molecule has 0 aromatic heterocycles. The van der Waals surface area contributed by atoms with Gasteiger partial charge in [-0.25, -0.2) is 8.78 Å². The van der Waals surface area contributed by atoms with E-state index in [1.165, 1.54) is 6.92 Å². The molecule has 1 aromatic rings. The molecule has 7 heteroatoms. The van der Waals surface area contributed by atoms with Gasteiger partial charge in [0.1, 0.15) is 11.5 Å². The topological polar surface area (TPSA) is 43.1 Å². The minimum absolute atomic E-state index is 0.268. The first-order chi connectivity index (χ1) is 8.58. The standard InChI is InChI=1S/C12H12F5NO/c1-2-11(14,6-10(18)19)7-3-8(12(15,16)17)5-9(13)4-7/h3-5H,2,6H2,1H3,(H2,18,19). The van der Waals surface area contributed by atoms with Crippen LogP contribution in [0.5, 0.6) is 0 Å². The van der Waals surface area contributed by atoms with Crippen molar-refractivity contribution in [2.24, 2.45) is 5.73 Å². The van der Waals surface area contributed by atoms with Crippen molar-refractivity contribution in [3.8, 4) is 0 Å². The molecule has 0 spiro atoms. The quantitative estimate of drug-likeness (QED) is 0.845. The molecular weight excluding hydrogens is 269 g/mol. The van der Waals surface area contributed by atoms with E-state index in [2.05, 4.69) is 0 Å². The molecule has 0 aliphatic heterocycles. The predicted molar refractivity (Wildman–Crippen MR) is 58.3 cm³/mol. The van der Waals surface area contributed by atoms with E-state index in [4.69, 9.17) is 5.73 Å². The van der Waals surface area contributed by atoms with Crippen molar-refractivity contribution >= 4 is 5.91 Å². The summed E-state index contributed by atoms with van der Waals surface area (Å²) in [4.78, 5) is 10.8. The van der Waals surface area contributed by atoms with Gasteiger partial charge in [-0.05, 0) is 30.2 Å². The highest BCUT2D eigenvalue weighted by molar-refractivity contribution is 5.75. The molecule has 0 saturated heterocycles. The molecule has 19 heavy (non-hydrogen) atoms. The van der Waals surface area contributed by atoms with Crippen molar-refractivity contribution in [3.63, 3.8) is 0 Å². The zero-order valence-electron chi connectivity index (χ0n) is 10.0. The molecule has 1 atom stereocenters. The maximum atomic E-state index is 14.4. The fourth-order valence-corrected chi connectivity index (χ4v) is 1.72. The Bertz CT molecular complexity index is 485. The normalized spacial score (nSPS) is 15.1. The van der Waals surface area contributed by atoms with Gasteiger partial charge in [-0.15, -0.1) is 0 Å². The highest BCUT2D eigenvalue weighted by Crippen LogP contribution is 2.37. The Balaban J connectivity index is 3.33. The molecule has 106 valence electrons. The Hall–Kier alpha value is -1.66. The van der Waals surface area contributed by atoms with Gasteiger partial charge < -0.3 is 5.73 Å². The van der Waals surface area contributed by atoms with E-state index in [1.54, 1.807) is 0 Å². The van der Waals surface area contributed by atoms with E-state index >= 15 is 0 Å². The SMILES string of the molecule is CCC(F)(CC(N)=O)c1cc(F)cc(C(F)(F)F)c1. The molecule has 0 radical (unpaired) electrons. The minimum Gasteiger partial charge on any atom is -0.370 e. The van der Waals surface area contributed by atoms with E-state index in [9.17, 15) is 26.7 Å². The first-order valence-electron chi connectivity index (χ1n) is 5.44. The Morgan fingerprint density at radius 1 is 1.16 bits per heavy atom. The van der Waals surface area contributed by atoms with Crippen LogP contribution in [-0.2, 0) is 16.6 Å². The number of benzene rings is 1. The van der Waals surface area contributed by atoms with E-state index in [-0.39, 0.29) is 12.5 Å². The molecule has 2 N–H and O–H groups in total. The summed E-state index contributed by atoms with van der Waals surface area (Å²) in [5, 5.41) is 0. The number of primary amides is 1. The van der Waals surface area contributed by atoms with E-state index in [0.717, 1.165) is 0 Å². The summed E-state index contributed by atoms with van der Waals surface area (Å²) in [6.07, 6.45) is -5.89. The summed E-state index contributed by atoms with van der Waals surface area (Å²) in [6, 6.07) is 1.40. The zero-order chi connectivity index (χ0) is 14.8. The average molecular weight is 281 g/mol. The second-order valence-corrected chi connectivity index (χ2v) is 4.19. The van der Waals surface area contributed by atoms with E-state index < -0.39 is 41.1 Å². The highest BCUT2D eigenvalue weighted by Gasteiger charge is 2.37. The van der Waals surface area contributed by atoms with Gasteiger partial charge in [0.15, 0.2) is 0 Å². The first kappa shape index (κ1) is 15.4. The second-order valence-electron chi connectivity index (χ2n) is 4.19. The number of alkyl halides is 4. The van der Waals surface area contributed by atoms with E-state index in [1.807, 2.05) is 0 Å². The largest absolute Gasteiger partial charge is 0.416 e. The van der Waals surface area contributed by atoms with Crippen molar-refractivity contribution in [1.29, 1.82) is 0 Å². The maximum absolute atomic E-state index is 14.4. The van der Waals surface area contributed by atoms with Gasteiger partial charge in [-0.1, -0.05) is 6.92 Å². The van der Waals surface area contributed by atoms with Crippen molar-refractivity contribution in [2.75, 3.05) is 0 Å². The highest BCUT2D eigenvalue weighted by atomic mass is 19.4. The first-order valence-corrected chi connectivity index (χ1v) is 5.44. The number of hydrogen-bond donors (Lipinski definition) is 1. The fourth-order valence-electron chi connectivity index (χ4n) is 1.72. The average Bonchev–Trinajstić information content (AvgIpc) is 2.26. The third-order valence-corrected chi connectivity index (χ3v) is 2.76. The Labute approximate surface area is 106 Å². The number of carbonyl (C=O) groups is 1. The lowest BCUT2D eigenvalue weighted by Crippen LogP contribution is -2.28. The summed E-state index contributed by atoms with van der Waals surface area (Å²) in [7, 11) is 0. The van der Waals surface area contributed by atoms with Gasteiger partial charge in [-0.3, -0.25) is 4.79 Å². The zero-order valence-corrected chi connectivity index (χ0v) is 10.0. The predicted octanol–water partition coefficient (Wildman–Crippen LogP) is 3.29. The van der Waals surface area contributed by atoms with Gasteiger partial charge in [-0.2, -0.15) is 13.2 Å². The minimum atomic E-state index is -4.79. The molecule has 1 aromatic carbocycles. The van der Waals surface area contributed by atoms with Gasteiger partial charge in [0, 0.05) is 0 Å². The summed E-state index contributed by atoms with van der Waals surface area (Å²) in [5.74, 6) is -2.23. The molecule has 0 fully saturated rings. The molecule has 1 unspecified atom stereocenters. The Morgan fingerprint density at radius 3 is 2.11 bits per heavy atom. The number of nitrogens with two attached hydrogens (primary N) is 1. The van der Waals surface area contributed by atoms with Crippen LogP contribution < -0.4 is 5.73 Å². The third kappa shape index (κ3) is 3.65. The van der Waals surface area contributed by atoms with Crippen molar-refractivity contribution in [2.45, 2.75) is 31.6 Å². The molecule has 1 rings (SSSR count). The number of carbonyl (C=O) groups excluding carboxylic acids is 1. The lowest BCUT2D eigenvalue weighted by Gasteiger charge is -2.24. The molecular formula is C12H12F5NO. The van der Waals surface area contributed by atoms with Crippen LogP contribution in [0.15, 0.2) is 18.2 Å². The van der Waals surface area contributed by atoms with Crippen LogP contribution in [0, 0.1) is 5.82 Å². The van der Waals surface area contributed by atoms with Gasteiger partial charge in [0.2, 0.25) is 5.91 Å². The van der Waals surface area contributed by atoms with Gasteiger partial charge in [0.05, 0.1) is 12.0 Å². The summed E-state index contributed by atoms with van der Waals surface area (Å²) >= 11 is 0. The van der Waals surface area contributed by atoms with Crippen LogP contribution >= 0.6 is 0 Å². The van der Waals surface area contributed by atoms with Crippen LogP contribution in [0.25, 0.3) is 0 Å². The maximum Gasteiger partial charge on any atom is 0.416 e. The second kappa shape index (κ2) is 5.14. The third-order valence-electron chi connectivity index (χ3n) is 2.76. The van der Waals surface area contributed by atoms with Gasteiger partial charge >= 0.3 is 6.18 Å². The van der Waals surface area contributed by atoms with Crippen molar-refractivity contribution in [3.05, 3.63) is 35.1 Å². The van der Waals surface area contributed by atoms with Crippen LogP contribution in [0.2, 0.25) is 0 Å². The van der Waals surface area contributed by atoms with Crippen LogP contribution in [0.4, 0.5) is 22.0 Å². The monoisotopic (exact) mass is 281 g/mol. The van der Waals surface area contributed by atoms with Crippen molar-refractivity contribution in [1.82, 2.24) is 0 Å². The summed E-state index contributed by atoms with van der Waals surface area (Å²) in [6.45, 7) is 1.33. The Morgan fingerprint density at radius 2 is 1.68 bits per heavy atom. The van der Waals surface area contributed by atoms with Crippen LogP contribution in [-0.4, -0.2) is 5.91 Å². The molecule has 0 aliphatic carbocycles. The van der Waals surface area contributed by atoms with Crippen molar-refractivity contribution < 1.29 is 26.7 Å². The lowest BCUT2D eigenvalue weighted by atomic mass is 9.88. The number of amides is 1. The molecule has 1 amide bonds. The molecule has 0 saturated carbocycles. The van der Waals surface area contributed by atoms with Crippen LogP contribution in [0.1, 0.15) is 30.9 Å².